The van der Waals surface area contributed by atoms with Crippen molar-refractivity contribution in [3.63, 3.8) is 0 Å². The van der Waals surface area contributed by atoms with Crippen molar-refractivity contribution in [3.05, 3.63) is 59.7 Å². The van der Waals surface area contributed by atoms with Crippen LogP contribution in [0.25, 0.3) is 0 Å². The summed E-state index contributed by atoms with van der Waals surface area (Å²) in [6.07, 6.45) is 5.84. The van der Waals surface area contributed by atoms with Crippen LogP contribution in [-0.4, -0.2) is 26.2 Å². The number of ether oxygens (including phenoxy) is 2. The van der Waals surface area contributed by atoms with Gasteiger partial charge < -0.3 is 14.3 Å². The molecule has 0 aliphatic rings. The van der Waals surface area contributed by atoms with Gasteiger partial charge in [-0.3, -0.25) is 0 Å². The van der Waals surface area contributed by atoms with Crippen molar-refractivity contribution in [2.75, 3.05) is 20.3 Å². The average molecular weight is 325 g/mol. The van der Waals surface area contributed by atoms with Crippen molar-refractivity contribution in [3.8, 4) is 23.8 Å². The molecule has 1 N–H and O–H groups in total. The van der Waals surface area contributed by atoms with E-state index in [2.05, 4.69) is 11.4 Å². The van der Waals surface area contributed by atoms with E-state index in [4.69, 9.17) is 20.7 Å². The fraction of sp³-hybridized carbons (Fsp3) is 0.211. The third kappa shape index (κ3) is 5.04. The van der Waals surface area contributed by atoms with E-state index < -0.39 is 5.97 Å². The molecule has 0 saturated carbocycles. The van der Waals surface area contributed by atoms with E-state index in [1.54, 1.807) is 31.4 Å². The standard InChI is InChI=1S/C19H19NO4/c1-3-13-23-17-10-9-15(14-18(17)22-2)11-12-20-24-19(21)16-7-5-4-6-8-16/h1,4-10,14,20H,11-13H2,2H3. The number of carbonyl (C=O) groups excluding carboxylic acids is 1. The smallest absolute Gasteiger partial charge is 0.356 e. The third-order valence-electron chi connectivity index (χ3n) is 3.23. The maximum atomic E-state index is 11.8. The van der Waals surface area contributed by atoms with Gasteiger partial charge in [0.1, 0.15) is 6.61 Å². The lowest BCUT2D eigenvalue weighted by Gasteiger charge is -2.11. The molecule has 0 radical (unpaired) electrons. The van der Waals surface area contributed by atoms with Gasteiger partial charge in [-0.15, -0.1) is 6.42 Å². The highest BCUT2D eigenvalue weighted by molar-refractivity contribution is 5.89. The Morgan fingerprint density at radius 2 is 1.96 bits per heavy atom. The second-order valence-corrected chi connectivity index (χ2v) is 4.88. The Morgan fingerprint density at radius 3 is 2.67 bits per heavy atom. The highest BCUT2D eigenvalue weighted by atomic mass is 16.7. The zero-order valence-electron chi connectivity index (χ0n) is 13.5. The largest absolute Gasteiger partial charge is 0.493 e. The topological polar surface area (TPSA) is 56.8 Å². The van der Waals surface area contributed by atoms with E-state index in [9.17, 15) is 4.79 Å². The van der Waals surface area contributed by atoms with E-state index in [1.165, 1.54) is 0 Å². The summed E-state index contributed by atoms with van der Waals surface area (Å²) < 4.78 is 10.7. The van der Waals surface area contributed by atoms with Gasteiger partial charge in [0.2, 0.25) is 0 Å². The van der Waals surface area contributed by atoms with Gasteiger partial charge in [-0.2, -0.15) is 5.48 Å². The molecule has 0 amide bonds. The fourth-order valence-corrected chi connectivity index (χ4v) is 2.05. The predicted molar refractivity (Wildman–Crippen MR) is 90.9 cm³/mol. The van der Waals surface area contributed by atoms with E-state index in [-0.39, 0.29) is 6.61 Å². The molecule has 0 saturated heterocycles. The predicted octanol–water partition coefficient (Wildman–Crippen LogP) is 2.61. The van der Waals surface area contributed by atoms with Crippen LogP contribution in [0.5, 0.6) is 11.5 Å². The molecule has 2 rings (SSSR count). The normalized spacial score (nSPS) is 9.83. The van der Waals surface area contributed by atoms with Crippen LogP contribution in [-0.2, 0) is 11.3 Å². The van der Waals surface area contributed by atoms with Crippen LogP contribution in [0.2, 0.25) is 0 Å². The summed E-state index contributed by atoms with van der Waals surface area (Å²) in [6.45, 7) is 0.666. The SMILES string of the molecule is C#CCOc1ccc(CCNOC(=O)c2ccccc2)cc1OC. The second-order valence-electron chi connectivity index (χ2n) is 4.88. The van der Waals surface area contributed by atoms with Crippen molar-refractivity contribution in [2.45, 2.75) is 6.42 Å². The monoisotopic (exact) mass is 325 g/mol. The van der Waals surface area contributed by atoms with Crippen molar-refractivity contribution >= 4 is 5.97 Å². The zero-order chi connectivity index (χ0) is 17.2. The number of hydrogen-bond donors (Lipinski definition) is 1. The number of carbonyl (C=O) groups is 1. The van der Waals surface area contributed by atoms with Gasteiger partial charge in [0.25, 0.3) is 0 Å². The molecular formula is C19H19NO4. The molecule has 0 aliphatic carbocycles. The van der Waals surface area contributed by atoms with Gasteiger partial charge in [0.15, 0.2) is 11.5 Å². The Morgan fingerprint density at radius 1 is 1.17 bits per heavy atom. The first-order valence-electron chi connectivity index (χ1n) is 7.47. The number of hydrogen-bond acceptors (Lipinski definition) is 5. The molecule has 0 atom stereocenters. The van der Waals surface area contributed by atoms with E-state index >= 15 is 0 Å². The Hall–Kier alpha value is -2.97. The molecule has 0 unspecified atom stereocenters. The number of terminal acetylenes is 1. The molecule has 5 nitrogen and oxygen atoms in total. The minimum atomic E-state index is -0.411. The van der Waals surface area contributed by atoms with Crippen LogP contribution in [0.3, 0.4) is 0 Å². The highest BCUT2D eigenvalue weighted by Crippen LogP contribution is 2.28. The minimum absolute atomic E-state index is 0.187. The summed E-state index contributed by atoms with van der Waals surface area (Å²) in [5, 5.41) is 0. The van der Waals surface area contributed by atoms with Crippen LogP contribution in [0, 0.1) is 12.3 Å². The van der Waals surface area contributed by atoms with E-state index in [0.717, 1.165) is 5.56 Å². The summed E-state index contributed by atoms with van der Waals surface area (Å²) in [7, 11) is 1.57. The Labute approximate surface area is 141 Å². The van der Waals surface area contributed by atoms with Crippen LogP contribution in [0.4, 0.5) is 0 Å². The number of rotatable bonds is 8. The molecule has 24 heavy (non-hydrogen) atoms. The number of methoxy groups -OCH3 is 1. The van der Waals surface area contributed by atoms with Gasteiger partial charge in [0.05, 0.1) is 12.7 Å². The summed E-state index contributed by atoms with van der Waals surface area (Å²) in [6, 6.07) is 14.4. The molecule has 0 aliphatic heterocycles. The van der Waals surface area contributed by atoms with Gasteiger partial charge in [0, 0.05) is 6.54 Å². The second kappa shape index (κ2) is 9.23. The lowest BCUT2D eigenvalue weighted by molar-refractivity contribution is 0.0256. The first-order chi connectivity index (χ1) is 11.7. The lowest BCUT2D eigenvalue weighted by Crippen LogP contribution is -2.22. The van der Waals surface area contributed by atoms with E-state index in [1.807, 2.05) is 24.3 Å². The van der Waals surface area contributed by atoms with Crippen molar-refractivity contribution in [1.29, 1.82) is 0 Å². The lowest BCUT2D eigenvalue weighted by atomic mass is 10.1. The van der Waals surface area contributed by atoms with Gasteiger partial charge in [-0.25, -0.2) is 4.79 Å². The number of nitrogens with one attached hydrogen (secondary N) is 1. The van der Waals surface area contributed by atoms with Crippen LogP contribution in [0.1, 0.15) is 15.9 Å². The molecule has 0 fully saturated rings. The summed E-state index contributed by atoms with van der Waals surface area (Å²) >= 11 is 0. The first-order valence-corrected chi connectivity index (χ1v) is 7.47. The van der Waals surface area contributed by atoms with Crippen LogP contribution >= 0.6 is 0 Å². The van der Waals surface area contributed by atoms with Crippen molar-refractivity contribution in [2.24, 2.45) is 0 Å². The summed E-state index contributed by atoms with van der Waals surface area (Å²) in [5.41, 5.74) is 4.19. The third-order valence-corrected chi connectivity index (χ3v) is 3.23. The molecule has 5 heteroatoms. The molecule has 0 spiro atoms. The summed E-state index contributed by atoms with van der Waals surface area (Å²) in [5.74, 6) is 3.22. The quantitative estimate of drug-likeness (QED) is 0.459. The number of benzene rings is 2. The molecular weight excluding hydrogens is 306 g/mol. The Kier molecular flexibility index (Phi) is 6.69. The maximum Gasteiger partial charge on any atom is 0.356 e. The fourth-order valence-electron chi connectivity index (χ4n) is 2.05. The molecule has 124 valence electrons. The van der Waals surface area contributed by atoms with Crippen LogP contribution in [0.15, 0.2) is 48.5 Å². The highest BCUT2D eigenvalue weighted by Gasteiger charge is 2.07. The molecule has 0 heterocycles. The molecule has 0 aromatic heterocycles. The van der Waals surface area contributed by atoms with Crippen molar-refractivity contribution in [1.82, 2.24) is 5.48 Å². The number of hydroxylamine groups is 1. The first kappa shape index (κ1) is 17.4. The summed E-state index contributed by atoms with van der Waals surface area (Å²) in [4.78, 5) is 16.8. The molecule has 0 bridgehead atoms. The Balaban J connectivity index is 1.82. The molecule has 2 aromatic rings. The van der Waals surface area contributed by atoms with Crippen molar-refractivity contribution < 1.29 is 19.1 Å². The maximum absolute atomic E-state index is 11.8. The molecule has 2 aromatic carbocycles. The van der Waals surface area contributed by atoms with Gasteiger partial charge in [-0.05, 0) is 36.2 Å². The van der Waals surface area contributed by atoms with Gasteiger partial charge >= 0.3 is 5.97 Å². The van der Waals surface area contributed by atoms with Gasteiger partial charge in [-0.1, -0.05) is 30.2 Å². The van der Waals surface area contributed by atoms with Crippen LogP contribution < -0.4 is 15.0 Å². The average Bonchev–Trinajstić information content (AvgIpc) is 2.64. The minimum Gasteiger partial charge on any atom is -0.493 e. The zero-order valence-corrected chi connectivity index (χ0v) is 13.5. The Bertz CT molecular complexity index is 707. The van der Waals surface area contributed by atoms with E-state index in [0.29, 0.717) is 30.0 Å².